The molecule has 1 N–H and O–H groups in total. The molecule has 0 unspecified atom stereocenters. The molecule has 116 valence electrons. The van der Waals surface area contributed by atoms with Gasteiger partial charge in [-0.3, -0.25) is 9.59 Å². The van der Waals surface area contributed by atoms with Crippen LogP contribution < -0.4 is 10.7 Å². The number of hydrogen-bond donors (Lipinski definition) is 1. The van der Waals surface area contributed by atoms with Gasteiger partial charge >= 0.3 is 0 Å². The molecule has 1 fully saturated rings. The lowest BCUT2D eigenvalue weighted by Crippen LogP contribution is -2.54. The van der Waals surface area contributed by atoms with Crippen LogP contribution in [0.3, 0.4) is 0 Å². The second kappa shape index (κ2) is 6.89. The van der Waals surface area contributed by atoms with Crippen molar-refractivity contribution in [3.8, 4) is 0 Å². The first kappa shape index (κ1) is 15.8. The average Bonchev–Trinajstić information content (AvgIpc) is 2.48. The predicted octanol–water partition coefficient (Wildman–Crippen LogP) is 1.23. The molecule has 5 heteroatoms. The molecule has 0 atom stereocenters. The summed E-state index contributed by atoms with van der Waals surface area (Å²) in [4.78, 5) is 25.4. The van der Waals surface area contributed by atoms with Crippen molar-refractivity contribution in [2.24, 2.45) is 0 Å². The summed E-state index contributed by atoms with van der Waals surface area (Å²) in [6.07, 6.45) is 9.31. The highest BCUT2D eigenvalue weighted by Crippen LogP contribution is 2.31. The number of pyridine rings is 1. The van der Waals surface area contributed by atoms with Gasteiger partial charge in [0.1, 0.15) is 6.54 Å². The van der Waals surface area contributed by atoms with Gasteiger partial charge < -0.3 is 14.8 Å². The van der Waals surface area contributed by atoms with E-state index in [1.54, 1.807) is 17.0 Å². The van der Waals surface area contributed by atoms with Crippen molar-refractivity contribution < 1.29 is 4.79 Å². The Morgan fingerprint density at radius 3 is 2.43 bits per heavy atom. The Bertz CT molecular complexity index is 510. The van der Waals surface area contributed by atoms with Gasteiger partial charge in [0.15, 0.2) is 5.43 Å². The van der Waals surface area contributed by atoms with Gasteiger partial charge in [-0.25, -0.2) is 0 Å². The van der Waals surface area contributed by atoms with E-state index in [4.69, 9.17) is 0 Å². The zero-order chi connectivity index (χ0) is 15.3. The lowest BCUT2D eigenvalue weighted by Gasteiger charge is -2.43. The normalized spacial score (nSPS) is 17.7. The van der Waals surface area contributed by atoms with Crippen LogP contribution >= 0.6 is 0 Å². The van der Waals surface area contributed by atoms with E-state index in [9.17, 15) is 9.59 Å². The number of nitrogens with one attached hydrogen (secondary N) is 1. The molecule has 0 bridgehead atoms. The van der Waals surface area contributed by atoms with Gasteiger partial charge in [-0.1, -0.05) is 19.3 Å². The standard InChI is InChI=1S/C16H25N3O2/c1-18(2)16(8-4-3-5-9-16)13-17-15(21)12-19-10-6-14(20)7-11-19/h6-7,10-11H,3-5,8-9,12-13H2,1-2H3,(H,17,21). The monoisotopic (exact) mass is 291 g/mol. The first-order valence-corrected chi connectivity index (χ1v) is 7.62. The highest BCUT2D eigenvalue weighted by molar-refractivity contribution is 5.75. The fraction of sp³-hybridized carbons (Fsp3) is 0.625. The summed E-state index contributed by atoms with van der Waals surface area (Å²) < 4.78 is 1.72. The van der Waals surface area contributed by atoms with Crippen molar-refractivity contribution in [3.63, 3.8) is 0 Å². The van der Waals surface area contributed by atoms with Crippen molar-refractivity contribution in [2.45, 2.75) is 44.2 Å². The van der Waals surface area contributed by atoms with Crippen LogP contribution in [-0.4, -0.2) is 41.6 Å². The minimum atomic E-state index is -0.0413. The molecule has 0 saturated heterocycles. The molecule has 1 amide bonds. The van der Waals surface area contributed by atoms with Gasteiger partial charge in [0.25, 0.3) is 0 Å². The molecule has 1 heterocycles. The first-order valence-electron chi connectivity index (χ1n) is 7.62. The van der Waals surface area contributed by atoms with Crippen LogP contribution in [0.15, 0.2) is 29.3 Å². The lowest BCUT2D eigenvalue weighted by molar-refractivity contribution is -0.122. The summed E-state index contributed by atoms with van der Waals surface area (Å²) in [5.74, 6) is -0.00884. The number of aromatic nitrogens is 1. The molecular weight excluding hydrogens is 266 g/mol. The van der Waals surface area contributed by atoms with Gasteiger partial charge in [0.05, 0.1) is 0 Å². The number of nitrogens with zero attached hydrogens (tertiary/aromatic N) is 2. The van der Waals surface area contributed by atoms with Gasteiger partial charge in [-0.05, 0) is 26.9 Å². The fourth-order valence-electron chi connectivity index (χ4n) is 3.03. The Morgan fingerprint density at radius 1 is 1.24 bits per heavy atom. The molecule has 0 aliphatic heterocycles. The molecule has 0 radical (unpaired) electrons. The summed E-state index contributed by atoms with van der Waals surface area (Å²) in [6.45, 7) is 0.947. The van der Waals surface area contributed by atoms with Gasteiger partial charge in [-0.15, -0.1) is 0 Å². The SMILES string of the molecule is CN(C)C1(CNC(=O)Cn2ccc(=O)cc2)CCCCC1. The largest absolute Gasteiger partial charge is 0.353 e. The Labute approximate surface area is 126 Å². The molecular formula is C16H25N3O2. The van der Waals surface area contributed by atoms with Crippen LogP contribution in [0.4, 0.5) is 0 Å². The van der Waals surface area contributed by atoms with Crippen LogP contribution in [0.2, 0.25) is 0 Å². The maximum absolute atomic E-state index is 12.1. The van der Waals surface area contributed by atoms with E-state index < -0.39 is 0 Å². The number of amides is 1. The Hall–Kier alpha value is -1.62. The van der Waals surface area contributed by atoms with E-state index >= 15 is 0 Å². The Balaban J connectivity index is 1.90. The van der Waals surface area contributed by atoms with Crippen LogP contribution in [-0.2, 0) is 11.3 Å². The third-order valence-corrected chi connectivity index (χ3v) is 4.53. The Kier molecular flexibility index (Phi) is 5.17. The summed E-state index contributed by atoms with van der Waals surface area (Å²) >= 11 is 0. The van der Waals surface area contributed by atoms with Crippen molar-refractivity contribution in [1.29, 1.82) is 0 Å². The molecule has 1 aliphatic carbocycles. The van der Waals surface area contributed by atoms with Crippen molar-refractivity contribution >= 4 is 5.91 Å². The van der Waals surface area contributed by atoms with E-state index in [0.29, 0.717) is 6.54 Å². The number of carbonyl (C=O) groups excluding carboxylic acids is 1. The van der Waals surface area contributed by atoms with Gasteiger partial charge in [0, 0.05) is 36.6 Å². The fourth-order valence-corrected chi connectivity index (χ4v) is 3.03. The Morgan fingerprint density at radius 2 is 1.86 bits per heavy atom. The van der Waals surface area contributed by atoms with Crippen LogP contribution in [0, 0.1) is 0 Å². The van der Waals surface area contributed by atoms with E-state index in [2.05, 4.69) is 24.3 Å². The molecule has 1 aromatic rings. The summed E-state index contributed by atoms with van der Waals surface area (Å²) in [5.41, 5.74) is 0.0534. The van der Waals surface area contributed by atoms with E-state index in [0.717, 1.165) is 12.8 Å². The molecule has 2 rings (SSSR count). The molecule has 0 aromatic carbocycles. The smallest absolute Gasteiger partial charge is 0.239 e. The van der Waals surface area contributed by atoms with Crippen LogP contribution in [0.5, 0.6) is 0 Å². The number of carbonyl (C=O) groups is 1. The van der Waals surface area contributed by atoms with Crippen LogP contribution in [0.25, 0.3) is 0 Å². The summed E-state index contributed by atoms with van der Waals surface area (Å²) in [6, 6.07) is 2.94. The highest BCUT2D eigenvalue weighted by atomic mass is 16.2. The van der Waals surface area contributed by atoms with E-state index in [1.807, 2.05) is 0 Å². The molecule has 1 saturated carbocycles. The van der Waals surface area contributed by atoms with Crippen LogP contribution in [0.1, 0.15) is 32.1 Å². The first-order chi connectivity index (χ1) is 10.0. The lowest BCUT2D eigenvalue weighted by atomic mass is 9.80. The van der Waals surface area contributed by atoms with Crippen molar-refractivity contribution in [2.75, 3.05) is 20.6 Å². The zero-order valence-corrected chi connectivity index (χ0v) is 13.0. The maximum atomic E-state index is 12.1. The molecule has 21 heavy (non-hydrogen) atoms. The second-order valence-electron chi connectivity index (χ2n) is 6.16. The number of likely N-dealkylation sites (N-methyl/N-ethyl adjacent to an activating group) is 1. The predicted molar refractivity (Wildman–Crippen MR) is 83.2 cm³/mol. The molecule has 1 aliphatic rings. The average molecular weight is 291 g/mol. The minimum Gasteiger partial charge on any atom is -0.353 e. The minimum absolute atomic E-state index is 0.00884. The topological polar surface area (TPSA) is 54.3 Å². The molecule has 1 aromatic heterocycles. The molecule has 0 spiro atoms. The van der Waals surface area contributed by atoms with Crippen molar-refractivity contribution in [3.05, 3.63) is 34.7 Å². The van der Waals surface area contributed by atoms with Gasteiger partial charge in [-0.2, -0.15) is 0 Å². The number of rotatable bonds is 5. The third kappa shape index (κ3) is 4.17. The van der Waals surface area contributed by atoms with Gasteiger partial charge in [0.2, 0.25) is 5.91 Å². The number of hydrogen-bond acceptors (Lipinski definition) is 3. The second-order valence-corrected chi connectivity index (χ2v) is 6.16. The highest BCUT2D eigenvalue weighted by Gasteiger charge is 2.34. The summed E-state index contributed by atoms with van der Waals surface area (Å²) in [7, 11) is 4.19. The zero-order valence-electron chi connectivity index (χ0n) is 13.0. The quantitative estimate of drug-likeness (QED) is 0.888. The van der Waals surface area contributed by atoms with E-state index in [1.165, 1.54) is 31.4 Å². The van der Waals surface area contributed by atoms with E-state index in [-0.39, 0.29) is 23.4 Å². The molecule has 5 nitrogen and oxygen atoms in total. The van der Waals surface area contributed by atoms with Crippen molar-refractivity contribution in [1.82, 2.24) is 14.8 Å². The summed E-state index contributed by atoms with van der Waals surface area (Å²) in [5, 5.41) is 3.06. The third-order valence-electron chi connectivity index (χ3n) is 4.53. The maximum Gasteiger partial charge on any atom is 0.239 e.